The maximum Gasteiger partial charge on any atom is 0.229 e. The van der Waals surface area contributed by atoms with E-state index in [1.54, 1.807) is 0 Å². The lowest BCUT2D eigenvalue weighted by atomic mass is 10.00. The normalized spacial score (nSPS) is 14.8. The molecule has 0 spiro atoms. The Morgan fingerprint density at radius 3 is 2.67 bits per heavy atom. The van der Waals surface area contributed by atoms with E-state index in [1.807, 2.05) is 19.0 Å². The van der Waals surface area contributed by atoms with Gasteiger partial charge in [-0.3, -0.25) is 4.90 Å². The molecule has 0 amide bonds. The molecular weight excluding hydrogens is 264 g/mol. The number of hydrogen-bond donors (Lipinski definition) is 1. The third kappa shape index (κ3) is 3.11. The first kappa shape index (κ1) is 13.8. The van der Waals surface area contributed by atoms with Crippen molar-refractivity contribution in [3.63, 3.8) is 0 Å². The molecule has 0 saturated heterocycles. The molecule has 1 aliphatic rings. The molecule has 3 rings (SSSR count). The topological polar surface area (TPSA) is 71.2 Å². The van der Waals surface area contributed by atoms with E-state index in [2.05, 4.69) is 44.1 Å². The van der Waals surface area contributed by atoms with E-state index in [4.69, 9.17) is 5.73 Å². The SMILES string of the molecule is CN(C)c1nc(N)nc(CN2CCc3ccccc3C2)n1. The van der Waals surface area contributed by atoms with Crippen molar-refractivity contribution >= 4 is 11.9 Å². The van der Waals surface area contributed by atoms with Gasteiger partial charge in [0.25, 0.3) is 0 Å². The Hall–Kier alpha value is -2.21. The van der Waals surface area contributed by atoms with Crippen LogP contribution in [0.2, 0.25) is 0 Å². The second-order valence-corrected chi connectivity index (χ2v) is 5.53. The number of hydrogen-bond acceptors (Lipinski definition) is 6. The fourth-order valence-corrected chi connectivity index (χ4v) is 2.58. The number of rotatable bonds is 3. The Morgan fingerprint density at radius 2 is 1.90 bits per heavy atom. The number of aromatic nitrogens is 3. The fourth-order valence-electron chi connectivity index (χ4n) is 2.58. The lowest BCUT2D eigenvalue weighted by molar-refractivity contribution is 0.239. The van der Waals surface area contributed by atoms with E-state index in [0.29, 0.717) is 12.5 Å². The van der Waals surface area contributed by atoms with E-state index >= 15 is 0 Å². The van der Waals surface area contributed by atoms with Gasteiger partial charge in [0.15, 0.2) is 0 Å². The lowest BCUT2D eigenvalue weighted by Gasteiger charge is -2.28. The Balaban J connectivity index is 1.76. The van der Waals surface area contributed by atoms with Gasteiger partial charge < -0.3 is 10.6 Å². The molecule has 0 unspecified atom stereocenters. The van der Waals surface area contributed by atoms with Crippen molar-refractivity contribution in [1.82, 2.24) is 19.9 Å². The van der Waals surface area contributed by atoms with Crippen molar-refractivity contribution in [1.29, 1.82) is 0 Å². The first-order chi connectivity index (χ1) is 10.1. The predicted molar refractivity (Wildman–Crippen MR) is 82.8 cm³/mol. The zero-order valence-electron chi connectivity index (χ0n) is 12.5. The quantitative estimate of drug-likeness (QED) is 0.909. The summed E-state index contributed by atoms with van der Waals surface area (Å²) in [6.07, 6.45) is 1.07. The van der Waals surface area contributed by atoms with Gasteiger partial charge in [-0.2, -0.15) is 15.0 Å². The molecule has 0 atom stereocenters. The molecule has 1 aromatic carbocycles. The summed E-state index contributed by atoms with van der Waals surface area (Å²) in [6, 6.07) is 8.59. The molecule has 0 radical (unpaired) electrons. The van der Waals surface area contributed by atoms with Crippen molar-refractivity contribution in [2.24, 2.45) is 0 Å². The average Bonchev–Trinajstić information content (AvgIpc) is 2.46. The zero-order chi connectivity index (χ0) is 14.8. The van der Waals surface area contributed by atoms with E-state index in [9.17, 15) is 0 Å². The van der Waals surface area contributed by atoms with Crippen LogP contribution in [0.3, 0.4) is 0 Å². The summed E-state index contributed by atoms with van der Waals surface area (Å²) in [7, 11) is 3.80. The highest BCUT2D eigenvalue weighted by Crippen LogP contribution is 2.19. The highest BCUT2D eigenvalue weighted by atomic mass is 15.3. The maximum absolute atomic E-state index is 5.77. The molecular formula is C15H20N6. The van der Waals surface area contributed by atoms with Gasteiger partial charge in [-0.1, -0.05) is 24.3 Å². The number of benzene rings is 1. The van der Waals surface area contributed by atoms with Gasteiger partial charge in [0.1, 0.15) is 5.82 Å². The Kier molecular flexibility index (Phi) is 3.70. The molecule has 1 aromatic heterocycles. The summed E-state index contributed by atoms with van der Waals surface area (Å²) in [5.74, 6) is 1.61. The Morgan fingerprint density at radius 1 is 1.14 bits per heavy atom. The molecule has 0 fully saturated rings. The second-order valence-electron chi connectivity index (χ2n) is 5.53. The zero-order valence-corrected chi connectivity index (χ0v) is 12.5. The molecule has 1 aliphatic heterocycles. The van der Waals surface area contributed by atoms with Crippen molar-refractivity contribution in [2.75, 3.05) is 31.3 Å². The first-order valence-corrected chi connectivity index (χ1v) is 7.09. The van der Waals surface area contributed by atoms with Gasteiger partial charge in [0.2, 0.25) is 11.9 Å². The Labute approximate surface area is 124 Å². The van der Waals surface area contributed by atoms with Crippen molar-refractivity contribution in [3.8, 4) is 0 Å². The highest BCUT2D eigenvalue weighted by molar-refractivity contribution is 5.33. The number of anilines is 2. The molecule has 21 heavy (non-hydrogen) atoms. The van der Waals surface area contributed by atoms with Crippen LogP contribution >= 0.6 is 0 Å². The molecule has 2 N–H and O–H groups in total. The summed E-state index contributed by atoms with van der Waals surface area (Å²) >= 11 is 0. The van der Waals surface area contributed by atoms with Gasteiger partial charge >= 0.3 is 0 Å². The third-order valence-electron chi connectivity index (χ3n) is 3.66. The Bertz CT molecular complexity index is 640. The third-order valence-corrected chi connectivity index (χ3v) is 3.66. The largest absolute Gasteiger partial charge is 0.368 e. The van der Waals surface area contributed by atoms with Gasteiger partial charge in [-0.25, -0.2) is 0 Å². The number of nitrogens with two attached hydrogens (primary N) is 1. The van der Waals surface area contributed by atoms with Crippen LogP contribution in [-0.2, 0) is 19.5 Å². The molecule has 0 bridgehead atoms. The minimum absolute atomic E-state index is 0.279. The predicted octanol–water partition coefficient (Wildman–Crippen LogP) is 1.08. The van der Waals surface area contributed by atoms with Crippen molar-refractivity contribution in [3.05, 3.63) is 41.2 Å². The lowest BCUT2D eigenvalue weighted by Crippen LogP contribution is -2.31. The molecule has 2 aromatic rings. The van der Waals surface area contributed by atoms with Gasteiger partial charge in [-0.15, -0.1) is 0 Å². The first-order valence-electron chi connectivity index (χ1n) is 7.09. The molecule has 110 valence electrons. The van der Waals surface area contributed by atoms with Crippen LogP contribution in [0, 0.1) is 0 Å². The molecule has 2 heterocycles. The minimum Gasteiger partial charge on any atom is -0.368 e. The minimum atomic E-state index is 0.279. The second kappa shape index (κ2) is 5.65. The highest BCUT2D eigenvalue weighted by Gasteiger charge is 2.17. The van der Waals surface area contributed by atoms with Gasteiger partial charge in [-0.05, 0) is 17.5 Å². The van der Waals surface area contributed by atoms with E-state index in [1.165, 1.54) is 11.1 Å². The number of nitrogen functional groups attached to an aromatic ring is 1. The smallest absolute Gasteiger partial charge is 0.229 e. The molecule has 6 nitrogen and oxygen atoms in total. The summed E-state index contributed by atoms with van der Waals surface area (Å²) in [4.78, 5) is 17.0. The van der Waals surface area contributed by atoms with E-state index < -0.39 is 0 Å². The molecule has 0 saturated carbocycles. The van der Waals surface area contributed by atoms with E-state index in [0.717, 1.165) is 25.3 Å². The average molecular weight is 284 g/mol. The van der Waals surface area contributed by atoms with Crippen LogP contribution in [0.4, 0.5) is 11.9 Å². The van der Waals surface area contributed by atoms with E-state index in [-0.39, 0.29) is 5.95 Å². The van der Waals surface area contributed by atoms with Crippen molar-refractivity contribution < 1.29 is 0 Å². The molecule has 0 aliphatic carbocycles. The maximum atomic E-state index is 5.77. The van der Waals surface area contributed by atoms with Crippen LogP contribution in [-0.4, -0.2) is 40.5 Å². The summed E-state index contributed by atoms with van der Waals surface area (Å²) in [5, 5.41) is 0. The van der Waals surface area contributed by atoms with Gasteiger partial charge in [0, 0.05) is 27.2 Å². The van der Waals surface area contributed by atoms with Gasteiger partial charge in [0.05, 0.1) is 6.54 Å². The van der Waals surface area contributed by atoms with Crippen LogP contribution in [0.5, 0.6) is 0 Å². The summed E-state index contributed by atoms with van der Waals surface area (Å²) < 4.78 is 0. The van der Waals surface area contributed by atoms with Crippen molar-refractivity contribution in [2.45, 2.75) is 19.5 Å². The van der Waals surface area contributed by atoms with Crippen LogP contribution in [0.15, 0.2) is 24.3 Å². The standard InChI is InChI=1S/C15H20N6/c1-20(2)15-18-13(17-14(16)19-15)10-21-8-7-11-5-3-4-6-12(11)9-21/h3-6H,7-10H2,1-2H3,(H2,16,17,18,19). The van der Waals surface area contributed by atoms with Crippen LogP contribution in [0.1, 0.15) is 17.0 Å². The van der Waals surface area contributed by atoms with Crippen LogP contribution < -0.4 is 10.6 Å². The number of nitrogens with zero attached hydrogens (tertiary/aromatic N) is 5. The number of fused-ring (bicyclic) bond motifs is 1. The summed E-state index contributed by atoms with van der Waals surface area (Å²) in [6.45, 7) is 2.64. The molecule has 6 heteroatoms. The van der Waals surface area contributed by atoms with Crippen LogP contribution in [0.25, 0.3) is 0 Å². The summed E-state index contributed by atoms with van der Waals surface area (Å²) in [5.41, 5.74) is 8.60. The monoisotopic (exact) mass is 284 g/mol. The fraction of sp³-hybridized carbons (Fsp3) is 0.400.